The van der Waals surface area contributed by atoms with Crippen LogP contribution in [0.2, 0.25) is 0 Å². The molecule has 0 saturated carbocycles. The van der Waals surface area contributed by atoms with Gasteiger partial charge in [0.1, 0.15) is 23.4 Å². The second-order valence-corrected chi connectivity index (χ2v) is 9.91. The highest BCUT2D eigenvalue weighted by Crippen LogP contribution is 2.45. The summed E-state index contributed by atoms with van der Waals surface area (Å²) in [5.41, 5.74) is 7.36. The monoisotopic (exact) mass is 530 g/mol. The van der Waals surface area contributed by atoms with E-state index in [-0.39, 0.29) is 41.9 Å². The van der Waals surface area contributed by atoms with Crippen LogP contribution in [0.3, 0.4) is 0 Å². The minimum absolute atomic E-state index is 0.0430. The molecule has 4 heterocycles. The first-order valence-corrected chi connectivity index (χ1v) is 12.4. The summed E-state index contributed by atoms with van der Waals surface area (Å²) in [5, 5.41) is 5.51. The summed E-state index contributed by atoms with van der Waals surface area (Å²) < 4.78 is 28.4. The number of likely N-dealkylation sites (tertiary alicyclic amines) is 1. The van der Waals surface area contributed by atoms with Gasteiger partial charge in [0.15, 0.2) is 0 Å². The molecular formula is C28H24F2N6O3. The molecule has 4 aromatic rings. The summed E-state index contributed by atoms with van der Waals surface area (Å²) in [6, 6.07) is 12.8. The zero-order chi connectivity index (χ0) is 27.3. The maximum Gasteiger partial charge on any atom is 0.268 e. The number of nitrogens with one attached hydrogen (secondary N) is 3. The first-order chi connectivity index (χ1) is 18.8. The van der Waals surface area contributed by atoms with E-state index in [0.29, 0.717) is 5.69 Å². The topological polar surface area (TPSA) is 133 Å². The van der Waals surface area contributed by atoms with Crippen molar-refractivity contribution < 1.29 is 23.2 Å². The van der Waals surface area contributed by atoms with Crippen LogP contribution in [0, 0.1) is 11.6 Å². The van der Waals surface area contributed by atoms with Gasteiger partial charge in [0, 0.05) is 42.9 Å². The van der Waals surface area contributed by atoms with Crippen LogP contribution >= 0.6 is 0 Å². The van der Waals surface area contributed by atoms with Crippen LogP contribution in [0.5, 0.6) is 0 Å². The Morgan fingerprint density at radius 2 is 1.87 bits per heavy atom. The van der Waals surface area contributed by atoms with Gasteiger partial charge in [0.2, 0.25) is 11.8 Å². The highest BCUT2D eigenvalue weighted by Gasteiger charge is 2.55. The summed E-state index contributed by atoms with van der Waals surface area (Å²) in [7, 11) is 0. The fourth-order valence-corrected chi connectivity index (χ4v) is 5.58. The lowest BCUT2D eigenvalue weighted by atomic mass is 9.80. The Bertz CT molecular complexity index is 1590. The Hall–Kier alpha value is -4.64. The molecule has 11 heteroatoms. The molecule has 1 spiro atoms. The predicted molar refractivity (Wildman–Crippen MR) is 138 cm³/mol. The van der Waals surface area contributed by atoms with Gasteiger partial charge in [0.05, 0.1) is 17.1 Å². The van der Waals surface area contributed by atoms with Crippen molar-refractivity contribution in [2.24, 2.45) is 5.73 Å². The van der Waals surface area contributed by atoms with E-state index in [1.54, 1.807) is 30.6 Å². The predicted octanol–water partition coefficient (Wildman–Crippen LogP) is 2.59. The average Bonchev–Trinajstić information content (AvgIpc) is 3.61. The van der Waals surface area contributed by atoms with Crippen molar-refractivity contribution in [1.82, 2.24) is 20.2 Å². The summed E-state index contributed by atoms with van der Waals surface area (Å²) in [4.78, 5) is 48.3. The number of amides is 3. The van der Waals surface area contributed by atoms with E-state index in [1.807, 2.05) is 18.2 Å². The van der Waals surface area contributed by atoms with Crippen molar-refractivity contribution in [1.29, 1.82) is 0 Å². The molecule has 2 aromatic carbocycles. The van der Waals surface area contributed by atoms with E-state index < -0.39 is 41.1 Å². The number of halogens is 2. The van der Waals surface area contributed by atoms with E-state index in [4.69, 9.17) is 5.73 Å². The molecule has 1 unspecified atom stereocenters. The van der Waals surface area contributed by atoms with E-state index in [1.165, 1.54) is 11.0 Å². The number of fused-ring (bicyclic) bond motifs is 3. The van der Waals surface area contributed by atoms with Crippen molar-refractivity contribution in [3.05, 3.63) is 95.4 Å². The standard InChI is InChI=1S/C28H24F2N6O3/c29-18-5-6-19(30)24-16(18)12-21(33-24)25(37)34-22(11-15-7-9-32-10-8-15)26(38)36-14-28(13-23(36)31)17-3-1-2-4-20(17)35-27(28)39/h1-10,12,22-23,33H,11,13-14,31H2,(H,34,37)(H,35,39)/t22?,23-,28-/m0/s1. The number of rotatable bonds is 5. The van der Waals surface area contributed by atoms with Crippen LogP contribution in [-0.4, -0.2) is 51.3 Å². The lowest BCUT2D eigenvalue weighted by molar-refractivity contribution is -0.134. The van der Waals surface area contributed by atoms with Gasteiger partial charge in [-0.3, -0.25) is 19.4 Å². The molecule has 9 nitrogen and oxygen atoms in total. The Labute approximate surface area is 221 Å². The van der Waals surface area contributed by atoms with Gasteiger partial charge in [-0.05, 0) is 47.5 Å². The number of carbonyl (C=O) groups is 3. The number of H-pyrrole nitrogens is 1. The van der Waals surface area contributed by atoms with Crippen molar-refractivity contribution in [2.45, 2.75) is 30.5 Å². The number of benzene rings is 2. The zero-order valence-corrected chi connectivity index (χ0v) is 20.6. The maximum atomic E-state index is 14.2. The number of hydrogen-bond donors (Lipinski definition) is 4. The number of carbonyl (C=O) groups excluding carboxylic acids is 3. The van der Waals surface area contributed by atoms with Crippen LogP contribution in [0.25, 0.3) is 10.9 Å². The summed E-state index contributed by atoms with van der Waals surface area (Å²) in [5.74, 6) is -2.82. The summed E-state index contributed by atoms with van der Waals surface area (Å²) in [6.45, 7) is 0.0430. The third kappa shape index (κ3) is 4.11. The van der Waals surface area contributed by atoms with Gasteiger partial charge < -0.3 is 26.3 Å². The summed E-state index contributed by atoms with van der Waals surface area (Å²) in [6.07, 6.45) is 2.69. The number of hydrogen-bond acceptors (Lipinski definition) is 5. The molecule has 3 amide bonds. The van der Waals surface area contributed by atoms with Crippen LogP contribution in [0.4, 0.5) is 14.5 Å². The first kappa shape index (κ1) is 24.7. The molecule has 0 aliphatic carbocycles. The van der Waals surface area contributed by atoms with Gasteiger partial charge >= 0.3 is 0 Å². The number of pyridine rings is 1. The Morgan fingerprint density at radius 3 is 2.64 bits per heavy atom. The smallest absolute Gasteiger partial charge is 0.268 e. The molecule has 0 bridgehead atoms. The molecular weight excluding hydrogens is 506 g/mol. The second kappa shape index (κ2) is 9.28. The summed E-state index contributed by atoms with van der Waals surface area (Å²) >= 11 is 0. The van der Waals surface area contributed by atoms with E-state index in [9.17, 15) is 23.2 Å². The molecule has 3 atom stereocenters. The Morgan fingerprint density at radius 1 is 1.13 bits per heavy atom. The Kier molecular flexibility index (Phi) is 5.87. The molecule has 1 saturated heterocycles. The van der Waals surface area contributed by atoms with Crippen molar-refractivity contribution in [3.8, 4) is 0 Å². The minimum atomic E-state index is -1.08. The van der Waals surface area contributed by atoms with Gasteiger partial charge in [-0.1, -0.05) is 18.2 Å². The largest absolute Gasteiger partial charge is 0.348 e. The number of anilines is 1. The van der Waals surface area contributed by atoms with Gasteiger partial charge in [-0.2, -0.15) is 0 Å². The van der Waals surface area contributed by atoms with Crippen molar-refractivity contribution in [2.75, 3.05) is 11.9 Å². The molecule has 2 aromatic heterocycles. The minimum Gasteiger partial charge on any atom is -0.348 e. The number of aromatic nitrogens is 2. The number of nitrogens with two attached hydrogens (primary N) is 1. The zero-order valence-electron chi connectivity index (χ0n) is 20.6. The van der Waals surface area contributed by atoms with Crippen LogP contribution < -0.4 is 16.4 Å². The van der Waals surface area contributed by atoms with Crippen molar-refractivity contribution in [3.63, 3.8) is 0 Å². The van der Waals surface area contributed by atoms with Crippen LogP contribution in [0.15, 0.2) is 67.0 Å². The molecule has 2 aliphatic rings. The highest BCUT2D eigenvalue weighted by molar-refractivity contribution is 6.07. The molecule has 2 aliphatic heterocycles. The first-order valence-electron chi connectivity index (χ1n) is 12.4. The molecule has 0 radical (unpaired) electrons. The average molecular weight is 531 g/mol. The van der Waals surface area contributed by atoms with Gasteiger partial charge in [-0.25, -0.2) is 8.78 Å². The number of nitrogens with zero attached hydrogens (tertiary/aromatic N) is 2. The van der Waals surface area contributed by atoms with Crippen molar-refractivity contribution >= 4 is 34.3 Å². The van der Waals surface area contributed by atoms with E-state index in [0.717, 1.165) is 23.3 Å². The van der Waals surface area contributed by atoms with Gasteiger partial charge in [-0.15, -0.1) is 0 Å². The molecule has 6 rings (SSSR count). The molecule has 198 valence electrons. The lowest BCUT2D eigenvalue weighted by Crippen LogP contribution is -2.53. The maximum absolute atomic E-state index is 14.2. The number of aromatic amines is 1. The van der Waals surface area contributed by atoms with Gasteiger partial charge in [0.25, 0.3) is 5.91 Å². The second-order valence-electron chi connectivity index (χ2n) is 9.91. The van der Waals surface area contributed by atoms with E-state index in [2.05, 4.69) is 20.6 Å². The molecule has 39 heavy (non-hydrogen) atoms. The van der Waals surface area contributed by atoms with E-state index >= 15 is 0 Å². The number of para-hydroxylation sites is 1. The highest BCUT2D eigenvalue weighted by atomic mass is 19.1. The van der Waals surface area contributed by atoms with Crippen LogP contribution in [0.1, 0.15) is 28.0 Å². The third-order valence-corrected chi connectivity index (χ3v) is 7.53. The fourth-order valence-electron chi connectivity index (χ4n) is 5.58. The third-order valence-electron chi connectivity index (χ3n) is 7.53. The SMILES string of the molecule is N[C@@H]1C[C@@]2(CN1C(=O)C(Cc1ccncc1)NC(=O)c1cc3c(F)ccc(F)c3[nH]1)C(=O)Nc1ccccc12. The Balaban J connectivity index is 1.30. The quantitative estimate of drug-likeness (QED) is 0.315. The van der Waals surface area contributed by atoms with Crippen LogP contribution in [-0.2, 0) is 21.4 Å². The normalized spacial score (nSPS) is 20.7. The lowest BCUT2D eigenvalue weighted by Gasteiger charge is -2.28. The fraction of sp³-hybridized carbons (Fsp3) is 0.214. The molecule has 5 N–H and O–H groups in total. The molecule has 1 fully saturated rings.